The molecule has 6 heteroatoms. The number of amides is 1. The standard InChI is InChI=1S/C11H22N2O3.ClH/c1-11(2,7-12)8-13(3)10(14)9-6-15-4-5-16-9;/h9H,4-8,12H2,1-3H3;1H. The largest absolute Gasteiger partial charge is 0.376 e. The van der Waals surface area contributed by atoms with Crippen LogP contribution in [0.25, 0.3) is 0 Å². The Hall–Kier alpha value is -0.360. The van der Waals surface area contributed by atoms with Crippen LogP contribution in [0.3, 0.4) is 0 Å². The lowest BCUT2D eigenvalue weighted by Gasteiger charge is -2.32. The summed E-state index contributed by atoms with van der Waals surface area (Å²) in [6, 6.07) is 0. The van der Waals surface area contributed by atoms with Crippen LogP contribution in [0.15, 0.2) is 0 Å². The Kier molecular flexibility index (Phi) is 7.01. The molecule has 0 aromatic rings. The average Bonchev–Trinajstić information content (AvgIpc) is 2.28. The lowest BCUT2D eigenvalue weighted by molar-refractivity contribution is -0.157. The zero-order valence-electron chi connectivity index (χ0n) is 10.8. The van der Waals surface area contributed by atoms with Gasteiger partial charge >= 0.3 is 0 Å². The number of nitrogens with two attached hydrogens (primary N) is 1. The van der Waals surface area contributed by atoms with E-state index in [9.17, 15) is 4.79 Å². The molecule has 1 saturated heterocycles. The van der Waals surface area contributed by atoms with Gasteiger partial charge in [0.2, 0.25) is 0 Å². The van der Waals surface area contributed by atoms with Gasteiger partial charge in [-0.3, -0.25) is 4.79 Å². The fourth-order valence-electron chi connectivity index (χ4n) is 1.66. The first-order chi connectivity index (χ1) is 7.46. The molecule has 1 fully saturated rings. The first-order valence-electron chi connectivity index (χ1n) is 5.61. The van der Waals surface area contributed by atoms with E-state index in [1.807, 2.05) is 13.8 Å². The number of hydrogen-bond acceptors (Lipinski definition) is 4. The fourth-order valence-corrected chi connectivity index (χ4v) is 1.66. The van der Waals surface area contributed by atoms with Crippen LogP contribution >= 0.6 is 12.4 Å². The Morgan fingerprint density at radius 3 is 2.59 bits per heavy atom. The van der Waals surface area contributed by atoms with Crippen molar-refractivity contribution < 1.29 is 14.3 Å². The van der Waals surface area contributed by atoms with Gasteiger partial charge in [0.25, 0.3) is 5.91 Å². The second-order valence-corrected chi connectivity index (χ2v) is 5.00. The zero-order chi connectivity index (χ0) is 12.2. The minimum absolute atomic E-state index is 0. The van der Waals surface area contributed by atoms with Crippen LogP contribution in [0, 0.1) is 5.41 Å². The van der Waals surface area contributed by atoms with E-state index in [0.29, 0.717) is 32.9 Å². The predicted octanol–water partition coefficient (Wildman–Crippen LogP) is 0.267. The molecule has 0 saturated carbocycles. The summed E-state index contributed by atoms with van der Waals surface area (Å²) >= 11 is 0. The summed E-state index contributed by atoms with van der Waals surface area (Å²) in [5.41, 5.74) is 5.57. The number of carbonyl (C=O) groups excluding carboxylic acids is 1. The Morgan fingerprint density at radius 1 is 1.47 bits per heavy atom. The maximum absolute atomic E-state index is 12.0. The van der Waals surface area contributed by atoms with E-state index < -0.39 is 6.10 Å². The molecule has 0 bridgehead atoms. The van der Waals surface area contributed by atoms with E-state index in [0.717, 1.165) is 0 Å². The summed E-state index contributed by atoms with van der Waals surface area (Å²) in [6.07, 6.45) is -0.452. The Morgan fingerprint density at radius 2 is 2.12 bits per heavy atom. The van der Waals surface area contributed by atoms with Crippen molar-refractivity contribution in [2.75, 3.05) is 40.0 Å². The van der Waals surface area contributed by atoms with Gasteiger partial charge in [0, 0.05) is 13.6 Å². The number of carbonyl (C=O) groups is 1. The second kappa shape index (κ2) is 7.16. The molecule has 0 spiro atoms. The highest BCUT2D eigenvalue weighted by molar-refractivity contribution is 5.85. The van der Waals surface area contributed by atoms with Gasteiger partial charge in [-0.15, -0.1) is 12.4 Å². The van der Waals surface area contributed by atoms with E-state index in [1.54, 1.807) is 11.9 Å². The highest BCUT2D eigenvalue weighted by Gasteiger charge is 2.28. The molecule has 17 heavy (non-hydrogen) atoms. The quantitative estimate of drug-likeness (QED) is 0.793. The SMILES string of the molecule is CN(CC(C)(C)CN)C(=O)C1COCCO1.Cl. The maximum atomic E-state index is 12.0. The monoisotopic (exact) mass is 266 g/mol. The summed E-state index contributed by atoms with van der Waals surface area (Å²) in [7, 11) is 1.78. The van der Waals surface area contributed by atoms with Crippen LogP contribution in [0.5, 0.6) is 0 Å². The molecule has 1 amide bonds. The molecule has 1 heterocycles. The van der Waals surface area contributed by atoms with Crippen molar-refractivity contribution >= 4 is 18.3 Å². The van der Waals surface area contributed by atoms with E-state index in [1.165, 1.54) is 0 Å². The number of rotatable bonds is 4. The lowest BCUT2D eigenvalue weighted by atomic mass is 9.93. The van der Waals surface area contributed by atoms with Gasteiger partial charge in [0.05, 0.1) is 19.8 Å². The predicted molar refractivity (Wildman–Crippen MR) is 68.3 cm³/mol. The second-order valence-electron chi connectivity index (χ2n) is 5.00. The molecule has 0 radical (unpaired) electrons. The van der Waals surface area contributed by atoms with Crippen LogP contribution < -0.4 is 5.73 Å². The minimum atomic E-state index is -0.452. The Balaban J connectivity index is 0.00000256. The highest BCUT2D eigenvalue weighted by Crippen LogP contribution is 2.15. The number of nitrogens with zero attached hydrogens (tertiary/aromatic N) is 1. The van der Waals surface area contributed by atoms with Gasteiger partial charge in [-0.1, -0.05) is 13.8 Å². The van der Waals surface area contributed by atoms with Gasteiger partial charge < -0.3 is 20.1 Å². The van der Waals surface area contributed by atoms with Crippen molar-refractivity contribution in [2.45, 2.75) is 20.0 Å². The summed E-state index contributed by atoms with van der Waals surface area (Å²) in [4.78, 5) is 13.6. The van der Waals surface area contributed by atoms with Crippen LogP contribution in [0.2, 0.25) is 0 Å². The van der Waals surface area contributed by atoms with E-state index in [2.05, 4.69) is 0 Å². The third-order valence-corrected chi connectivity index (χ3v) is 2.69. The molecule has 102 valence electrons. The van der Waals surface area contributed by atoms with E-state index >= 15 is 0 Å². The number of ether oxygens (including phenoxy) is 2. The molecule has 1 aliphatic heterocycles. The smallest absolute Gasteiger partial charge is 0.253 e. The number of likely N-dealkylation sites (N-methyl/N-ethyl adjacent to an activating group) is 1. The van der Waals surface area contributed by atoms with Crippen molar-refractivity contribution in [2.24, 2.45) is 11.1 Å². The molecule has 0 aromatic heterocycles. The van der Waals surface area contributed by atoms with Gasteiger partial charge in [0.1, 0.15) is 0 Å². The molecule has 2 N–H and O–H groups in total. The molecular weight excluding hydrogens is 244 g/mol. The Labute approximate surface area is 109 Å². The van der Waals surface area contributed by atoms with Crippen LogP contribution in [0.4, 0.5) is 0 Å². The van der Waals surface area contributed by atoms with Gasteiger partial charge in [-0.25, -0.2) is 0 Å². The molecule has 1 atom stereocenters. The topological polar surface area (TPSA) is 64.8 Å². The third kappa shape index (κ3) is 5.21. The molecule has 0 aliphatic carbocycles. The molecule has 5 nitrogen and oxygen atoms in total. The first kappa shape index (κ1) is 16.6. The minimum Gasteiger partial charge on any atom is -0.376 e. The fraction of sp³-hybridized carbons (Fsp3) is 0.909. The molecule has 1 unspecified atom stereocenters. The van der Waals surface area contributed by atoms with Crippen LogP contribution in [0.1, 0.15) is 13.8 Å². The third-order valence-electron chi connectivity index (χ3n) is 2.69. The molecule has 1 rings (SSSR count). The van der Waals surface area contributed by atoms with Gasteiger partial charge in [-0.05, 0) is 12.0 Å². The summed E-state index contributed by atoms with van der Waals surface area (Å²) in [5, 5.41) is 0. The number of halogens is 1. The van der Waals surface area contributed by atoms with Crippen molar-refractivity contribution in [3.63, 3.8) is 0 Å². The van der Waals surface area contributed by atoms with Crippen molar-refractivity contribution in [3.05, 3.63) is 0 Å². The zero-order valence-corrected chi connectivity index (χ0v) is 11.6. The maximum Gasteiger partial charge on any atom is 0.253 e. The molecule has 0 aromatic carbocycles. The normalized spacial score (nSPS) is 20.6. The summed E-state index contributed by atoms with van der Waals surface area (Å²) < 4.78 is 10.6. The number of hydrogen-bond donors (Lipinski definition) is 1. The van der Waals surface area contributed by atoms with Gasteiger partial charge in [0.15, 0.2) is 6.10 Å². The molecule has 1 aliphatic rings. The summed E-state index contributed by atoms with van der Waals surface area (Å²) in [5.74, 6) is -0.0266. The Bertz CT molecular complexity index is 243. The lowest BCUT2D eigenvalue weighted by Crippen LogP contribution is -2.47. The van der Waals surface area contributed by atoms with Gasteiger partial charge in [-0.2, -0.15) is 0 Å². The summed E-state index contributed by atoms with van der Waals surface area (Å²) in [6.45, 7) is 6.66. The van der Waals surface area contributed by atoms with E-state index in [4.69, 9.17) is 15.2 Å². The van der Waals surface area contributed by atoms with Crippen molar-refractivity contribution in [3.8, 4) is 0 Å². The highest BCUT2D eigenvalue weighted by atomic mass is 35.5. The molecular formula is C11H23ClN2O3. The van der Waals surface area contributed by atoms with Crippen molar-refractivity contribution in [1.29, 1.82) is 0 Å². The first-order valence-corrected chi connectivity index (χ1v) is 5.61. The van der Waals surface area contributed by atoms with Crippen LogP contribution in [-0.2, 0) is 14.3 Å². The van der Waals surface area contributed by atoms with Crippen LogP contribution in [-0.4, -0.2) is 56.9 Å². The average molecular weight is 267 g/mol. The van der Waals surface area contributed by atoms with E-state index in [-0.39, 0.29) is 23.7 Å². The van der Waals surface area contributed by atoms with Crippen molar-refractivity contribution in [1.82, 2.24) is 4.90 Å².